The van der Waals surface area contributed by atoms with Crippen molar-refractivity contribution in [2.45, 2.75) is 48.2 Å². The van der Waals surface area contributed by atoms with Gasteiger partial charge >= 0.3 is 0 Å². The van der Waals surface area contributed by atoms with Crippen molar-refractivity contribution in [3.05, 3.63) is 12.2 Å². The van der Waals surface area contributed by atoms with E-state index < -0.39 is 15.5 Å². The first-order valence-corrected chi connectivity index (χ1v) is 9.75. The number of nitrogens with zero attached hydrogens (tertiary/aromatic N) is 1. The summed E-state index contributed by atoms with van der Waals surface area (Å²) in [5.74, 6) is -0.488. The smallest absolute Gasteiger partial charge is 0.275 e. The first kappa shape index (κ1) is 17.4. The molecule has 134 valence electrons. The minimum absolute atomic E-state index is 0.0526. The highest BCUT2D eigenvalue weighted by Crippen LogP contribution is 2.61. The van der Waals surface area contributed by atoms with Gasteiger partial charge < -0.3 is 14.4 Å². The van der Waals surface area contributed by atoms with Crippen LogP contribution < -0.4 is 0 Å². The highest BCUT2D eigenvalue weighted by Gasteiger charge is 2.66. The molecule has 7 heteroatoms. The summed E-state index contributed by atoms with van der Waals surface area (Å²) in [6, 6.07) is 0.0526. The van der Waals surface area contributed by atoms with Crippen LogP contribution in [0.5, 0.6) is 0 Å². The second-order valence-corrected chi connectivity index (χ2v) is 9.85. The minimum Gasteiger partial charge on any atom is -0.347 e. The molecule has 1 amide bonds. The SMILES string of the molecule is C[C@@]12C3C=CCC[C@@H]1CN(C(=O)C(Cl)(Cl)Cl)[C@@H]2CCC31OCCO1. The van der Waals surface area contributed by atoms with Crippen molar-refractivity contribution < 1.29 is 14.3 Å². The lowest BCUT2D eigenvalue weighted by Crippen LogP contribution is -2.59. The van der Waals surface area contributed by atoms with E-state index in [1.54, 1.807) is 0 Å². The summed E-state index contributed by atoms with van der Waals surface area (Å²) >= 11 is 17.7. The minimum atomic E-state index is -1.90. The van der Waals surface area contributed by atoms with Crippen molar-refractivity contribution in [3.63, 3.8) is 0 Å². The summed E-state index contributed by atoms with van der Waals surface area (Å²) in [4.78, 5) is 14.5. The molecule has 2 heterocycles. The molecule has 4 rings (SSSR count). The average Bonchev–Trinajstić information content (AvgIpc) is 3.03. The average molecular weight is 395 g/mol. The Kier molecular flexibility index (Phi) is 4.17. The summed E-state index contributed by atoms with van der Waals surface area (Å²) in [5.41, 5.74) is -0.124. The number of hydrogen-bond donors (Lipinski definition) is 0. The molecule has 4 aliphatic rings. The number of hydrogen-bond acceptors (Lipinski definition) is 3. The molecule has 2 aliphatic carbocycles. The molecule has 1 spiro atoms. The van der Waals surface area contributed by atoms with Gasteiger partial charge in [-0.15, -0.1) is 0 Å². The summed E-state index contributed by atoms with van der Waals surface area (Å²) in [7, 11) is 0. The van der Waals surface area contributed by atoms with Crippen LogP contribution in [-0.2, 0) is 14.3 Å². The Morgan fingerprint density at radius 3 is 2.62 bits per heavy atom. The first-order valence-electron chi connectivity index (χ1n) is 8.61. The van der Waals surface area contributed by atoms with Gasteiger partial charge in [-0.25, -0.2) is 0 Å². The third-order valence-corrected chi connectivity index (χ3v) is 7.08. The number of rotatable bonds is 0. The zero-order valence-electron chi connectivity index (χ0n) is 13.6. The maximum atomic E-state index is 12.7. The summed E-state index contributed by atoms with van der Waals surface area (Å²) in [6.07, 6.45) is 8.09. The van der Waals surface area contributed by atoms with E-state index in [-0.39, 0.29) is 17.4 Å². The number of likely N-dealkylation sites (tertiary alicyclic amines) is 1. The van der Waals surface area contributed by atoms with Crippen LogP contribution in [-0.4, -0.2) is 46.2 Å². The zero-order valence-corrected chi connectivity index (χ0v) is 15.9. The van der Waals surface area contributed by atoms with Gasteiger partial charge in [0.05, 0.1) is 13.2 Å². The number of ether oxygens (including phenoxy) is 2. The van der Waals surface area contributed by atoms with Crippen LogP contribution >= 0.6 is 34.8 Å². The van der Waals surface area contributed by atoms with Gasteiger partial charge in [0.25, 0.3) is 9.70 Å². The molecule has 0 aromatic rings. The molecule has 0 N–H and O–H groups in total. The van der Waals surface area contributed by atoms with Gasteiger partial charge in [0.15, 0.2) is 5.79 Å². The quantitative estimate of drug-likeness (QED) is 0.464. The van der Waals surface area contributed by atoms with Crippen LogP contribution in [0.25, 0.3) is 0 Å². The number of alkyl halides is 3. The molecule has 1 saturated carbocycles. The van der Waals surface area contributed by atoms with Crippen molar-refractivity contribution in [1.82, 2.24) is 4.90 Å². The summed E-state index contributed by atoms with van der Waals surface area (Å²) in [5, 5.41) is 0. The topological polar surface area (TPSA) is 38.8 Å². The molecule has 0 bridgehead atoms. The molecule has 0 aromatic heterocycles. The summed E-state index contributed by atoms with van der Waals surface area (Å²) < 4.78 is 10.3. The number of carbonyl (C=O) groups is 1. The van der Waals surface area contributed by atoms with Crippen molar-refractivity contribution in [2.75, 3.05) is 19.8 Å². The zero-order chi connectivity index (χ0) is 17.2. The largest absolute Gasteiger partial charge is 0.347 e. The van der Waals surface area contributed by atoms with Crippen molar-refractivity contribution in [2.24, 2.45) is 17.3 Å². The summed E-state index contributed by atoms with van der Waals surface area (Å²) in [6.45, 7) is 4.17. The van der Waals surface area contributed by atoms with E-state index >= 15 is 0 Å². The number of fused-ring (bicyclic) bond motifs is 1. The second-order valence-electron chi connectivity index (χ2n) is 7.56. The van der Waals surface area contributed by atoms with Crippen LogP contribution in [0.4, 0.5) is 0 Å². The van der Waals surface area contributed by atoms with E-state index in [1.165, 1.54) is 0 Å². The highest BCUT2D eigenvalue weighted by atomic mass is 35.6. The van der Waals surface area contributed by atoms with Crippen molar-refractivity contribution >= 4 is 40.7 Å². The lowest BCUT2D eigenvalue weighted by atomic mass is 9.58. The number of halogens is 3. The van der Waals surface area contributed by atoms with E-state index in [0.29, 0.717) is 25.7 Å². The van der Waals surface area contributed by atoms with Gasteiger partial charge in [-0.05, 0) is 25.2 Å². The Morgan fingerprint density at radius 1 is 1.25 bits per heavy atom. The van der Waals surface area contributed by atoms with Crippen LogP contribution in [0.15, 0.2) is 12.2 Å². The molecular formula is C17H22Cl3NO3. The van der Waals surface area contributed by atoms with Gasteiger partial charge in [0.1, 0.15) is 0 Å². The van der Waals surface area contributed by atoms with E-state index in [4.69, 9.17) is 44.3 Å². The predicted molar refractivity (Wildman–Crippen MR) is 93.1 cm³/mol. The van der Waals surface area contributed by atoms with Crippen molar-refractivity contribution in [1.29, 1.82) is 0 Å². The Bertz CT molecular complexity index is 570. The van der Waals surface area contributed by atoms with Crippen LogP contribution in [0.2, 0.25) is 0 Å². The normalized spacial score (nSPS) is 40.7. The second kappa shape index (κ2) is 5.75. The third kappa shape index (κ3) is 2.37. The highest BCUT2D eigenvalue weighted by molar-refractivity contribution is 6.76. The lowest BCUT2D eigenvalue weighted by Gasteiger charge is -2.53. The predicted octanol–water partition coefficient (Wildman–Crippen LogP) is 3.69. The Hall–Kier alpha value is -0.0000000000000000416. The first-order chi connectivity index (χ1) is 11.3. The van der Waals surface area contributed by atoms with Crippen LogP contribution in [0.3, 0.4) is 0 Å². The maximum Gasteiger partial charge on any atom is 0.275 e. The fourth-order valence-corrected chi connectivity index (χ4v) is 5.86. The van der Waals surface area contributed by atoms with Gasteiger partial charge in [-0.3, -0.25) is 4.79 Å². The van der Waals surface area contributed by atoms with E-state index in [2.05, 4.69) is 19.1 Å². The molecule has 0 aromatic carbocycles. The van der Waals surface area contributed by atoms with Gasteiger partial charge in [-0.1, -0.05) is 53.9 Å². The molecule has 2 saturated heterocycles. The van der Waals surface area contributed by atoms with Crippen molar-refractivity contribution in [3.8, 4) is 0 Å². The van der Waals surface area contributed by atoms with Crippen LogP contribution in [0, 0.1) is 17.3 Å². The Balaban J connectivity index is 1.74. The van der Waals surface area contributed by atoms with Gasteiger partial charge in [0, 0.05) is 30.3 Å². The molecule has 3 fully saturated rings. The number of carbonyl (C=O) groups excluding carboxylic acids is 1. The molecule has 4 nitrogen and oxygen atoms in total. The molecule has 2 aliphatic heterocycles. The Labute approximate surface area is 157 Å². The standard InChI is InChI=1S/C17H22Cl3NO3/c1-15-11-4-2-3-5-12(15)16(23-8-9-24-16)7-6-13(15)21(10-11)14(22)17(18,19)20/h3,5,11-13H,2,4,6-10H2,1H3/t11-,12?,13-,15+/m1/s1. The number of amides is 1. The third-order valence-electron chi connectivity index (χ3n) is 6.59. The molecule has 0 radical (unpaired) electrons. The fraction of sp³-hybridized carbons (Fsp3) is 0.824. The van der Waals surface area contributed by atoms with E-state index in [1.807, 2.05) is 4.90 Å². The maximum absolute atomic E-state index is 12.7. The van der Waals surface area contributed by atoms with Gasteiger partial charge in [0.2, 0.25) is 0 Å². The van der Waals surface area contributed by atoms with E-state index in [9.17, 15) is 4.79 Å². The monoisotopic (exact) mass is 393 g/mol. The van der Waals surface area contributed by atoms with Gasteiger partial charge in [-0.2, -0.15) is 0 Å². The molecule has 1 unspecified atom stereocenters. The van der Waals surface area contributed by atoms with E-state index in [0.717, 1.165) is 25.7 Å². The fourth-order valence-electron chi connectivity index (χ4n) is 5.53. The Morgan fingerprint density at radius 2 is 1.96 bits per heavy atom. The molecule has 4 atom stereocenters. The molecule has 24 heavy (non-hydrogen) atoms. The molecular weight excluding hydrogens is 373 g/mol. The number of allylic oxidation sites excluding steroid dienone is 1. The van der Waals surface area contributed by atoms with Crippen LogP contribution in [0.1, 0.15) is 32.6 Å². The lowest BCUT2D eigenvalue weighted by molar-refractivity contribution is -0.239.